The van der Waals surface area contributed by atoms with Gasteiger partial charge in [-0.3, -0.25) is 4.79 Å². The number of carbonyl (C=O) groups excluding carboxylic acids is 1. The maximum absolute atomic E-state index is 12.3. The first-order valence-corrected chi connectivity index (χ1v) is 7.25. The highest BCUT2D eigenvalue weighted by molar-refractivity contribution is 5.92. The van der Waals surface area contributed by atoms with Gasteiger partial charge < -0.3 is 14.5 Å². The molecule has 0 radical (unpaired) electrons. The van der Waals surface area contributed by atoms with Crippen LogP contribution in [-0.4, -0.2) is 54.4 Å². The van der Waals surface area contributed by atoms with Crippen LogP contribution in [0, 0.1) is 0 Å². The fourth-order valence-electron chi connectivity index (χ4n) is 2.33. The number of ether oxygens (including phenoxy) is 1. The van der Waals surface area contributed by atoms with Crippen molar-refractivity contribution in [1.82, 2.24) is 15.1 Å². The lowest BCUT2D eigenvalue weighted by molar-refractivity contribution is 0.0298. The van der Waals surface area contributed by atoms with Gasteiger partial charge in [0, 0.05) is 25.8 Å². The fourth-order valence-corrected chi connectivity index (χ4v) is 2.33. The van der Waals surface area contributed by atoms with Gasteiger partial charge in [0.15, 0.2) is 11.5 Å². The highest BCUT2D eigenvalue weighted by Gasteiger charge is 2.20. The van der Waals surface area contributed by atoms with Crippen molar-refractivity contribution in [3.05, 3.63) is 48.2 Å². The van der Waals surface area contributed by atoms with Gasteiger partial charge in [0.2, 0.25) is 0 Å². The van der Waals surface area contributed by atoms with Crippen LogP contribution in [0.3, 0.4) is 0 Å². The van der Waals surface area contributed by atoms with Crippen LogP contribution in [0.5, 0.6) is 0 Å². The molecule has 1 aromatic heterocycles. The molecule has 22 heavy (non-hydrogen) atoms. The van der Waals surface area contributed by atoms with Crippen molar-refractivity contribution in [3.8, 4) is 0 Å². The Morgan fingerprint density at radius 1 is 1.09 bits per heavy atom. The molecule has 0 atom stereocenters. The van der Waals surface area contributed by atoms with Crippen molar-refractivity contribution in [2.75, 3.05) is 38.3 Å². The van der Waals surface area contributed by atoms with Crippen molar-refractivity contribution < 1.29 is 9.53 Å². The van der Waals surface area contributed by atoms with Gasteiger partial charge in [-0.1, -0.05) is 18.2 Å². The molecule has 114 valence electrons. The minimum absolute atomic E-state index is 0.0929. The third kappa shape index (κ3) is 3.07. The molecule has 6 nitrogen and oxygen atoms in total. The molecule has 2 aromatic rings. The second-order valence-corrected chi connectivity index (χ2v) is 5.08. The number of hydrogen-bond acceptors (Lipinski definition) is 5. The lowest BCUT2D eigenvalue weighted by Gasteiger charge is -2.26. The summed E-state index contributed by atoms with van der Waals surface area (Å²) < 4.78 is 5.25. The number of rotatable bonds is 3. The van der Waals surface area contributed by atoms with Crippen LogP contribution in [0.1, 0.15) is 10.5 Å². The number of carbonyl (C=O) groups is 1. The molecule has 0 aliphatic carbocycles. The Labute approximate surface area is 129 Å². The van der Waals surface area contributed by atoms with E-state index >= 15 is 0 Å². The smallest absolute Gasteiger partial charge is 0.274 e. The summed E-state index contributed by atoms with van der Waals surface area (Å²) in [5.41, 5.74) is 1.39. The molecule has 1 aliphatic rings. The van der Waals surface area contributed by atoms with Gasteiger partial charge >= 0.3 is 0 Å². The molecule has 0 N–H and O–H groups in total. The molecule has 0 saturated carbocycles. The average Bonchev–Trinajstić information content (AvgIpc) is 2.62. The largest absolute Gasteiger partial charge is 0.378 e. The zero-order valence-electron chi connectivity index (χ0n) is 12.5. The number of morpholine rings is 1. The van der Waals surface area contributed by atoms with Crippen LogP contribution in [0.25, 0.3) is 0 Å². The van der Waals surface area contributed by atoms with Gasteiger partial charge in [0.25, 0.3) is 5.91 Å². The second-order valence-electron chi connectivity index (χ2n) is 5.08. The van der Waals surface area contributed by atoms with Gasteiger partial charge in [-0.2, -0.15) is 0 Å². The van der Waals surface area contributed by atoms with E-state index < -0.39 is 0 Å². The van der Waals surface area contributed by atoms with Gasteiger partial charge in [-0.15, -0.1) is 10.2 Å². The van der Waals surface area contributed by atoms with E-state index in [1.54, 1.807) is 11.0 Å². The second kappa shape index (κ2) is 6.53. The number of anilines is 2. The minimum Gasteiger partial charge on any atom is -0.378 e. The van der Waals surface area contributed by atoms with Crippen LogP contribution >= 0.6 is 0 Å². The monoisotopic (exact) mass is 298 g/mol. The van der Waals surface area contributed by atoms with Crippen LogP contribution in [0.2, 0.25) is 0 Å². The lowest BCUT2D eigenvalue weighted by atomic mass is 10.3. The van der Waals surface area contributed by atoms with Crippen molar-refractivity contribution in [2.24, 2.45) is 0 Å². The summed E-state index contributed by atoms with van der Waals surface area (Å²) in [6.45, 7) is 2.36. The maximum atomic E-state index is 12.3. The summed E-state index contributed by atoms with van der Waals surface area (Å²) in [4.78, 5) is 16.0. The van der Waals surface area contributed by atoms with Crippen molar-refractivity contribution in [2.45, 2.75) is 0 Å². The van der Waals surface area contributed by atoms with Gasteiger partial charge in [0.1, 0.15) is 0 Å². The predicted molar refractivity (Wildman–Crippen MR) is 83.3 cm³/mol. The normalized spacial score (nSPS) is 14.7. The van der Waals surface area contributed by atoms with E-state index in [-0.39, 0.29) is 5.91 Å². The standard InChI is InChI=1S/C16H18N4O2/c1-19(13-5-3-2-4-6-13)15-8-7-14(17-18-15)16(21)20-9-11-22-12-10-20/h2-8H,9-12H2,1H3. The fraction of sp³-hybridized carbons (Fsp3) is 0.312. The molecule has 1 amide bonds. The van der Waals surface area contributed by atoms with E-state index in [9.17, 15) is 4.79 Å². The zero-order valence-corrected chi connectivity index (χ0v) is 12.5. The number of aromatic nitrogens is 2. The predicted octanol–water partition coefficient (Wildman–Crippen LogP) is 1.72. The van der Waals surface area contributed by atoms with Crippen LogP contribution in [0.15, 0.2) is 42.5 Å². The quantitative estimate of drug-likeness (QED) is 0.863. The summed E-state index contributed by atoms with van der Waals surface area (Å²) >= 11 is 0. The van der Waals surface area contributed by atoms with E-state index in [2.05, 4.69) is 10.2 Å². The Kier molecular flexibility index (Phi) is 4.29. The van der Waals surface area contributed by atoms with E-state index in [0.29, 0.717) is 37.8 Å². The van der Waals surface area contributed by atoms with Crippen molar-refractivity contribution in [1.29, 1.82) is 0 Å². The van der Waals surface area contributed by atoms with Crippen LogP contribution in [0.4, 0.5) is 11.5 Å². The molecule has 1 saturated heterocycles. The Morgan fingerprint density at radius 2 is 1.82 bits per heavy atom. The van der Waals surface area contributed by atoms with E-state index in [0.717, 1.165) is 5.69 Å². The number of amides is 1. The summed E-state index contributed by atoms with van der Waals surface area (Å²) in [7, 11) is 1.92. The molecular formula is C16H18N4O2. The number of nitrogens with zero attached hydrogens (tertiary/aromatic N) is 4. The van der Waals surface area contributed by atoms with E-state index in [1.165, 1.54) is 0 Å². The number of hydrogen-bond donors (Lipinski definition) is 0. The molecule has 0 unspecified atom stereocenters. The Balaban J connectivity index is 1.73. The first-order chi connectivity index (χ1) is 10.8. The van der Waals surface area contributed by atoms with Crippen LogP contribution in [-0.2, 0) is 4.74 Å². The summed E-state index contributed by atoms with van der Waals surface area (Å²) in [6, 6.07) is 13.4. The summed E-state index contributed by atoms with van der Waals surface area (Å²) in [5.74, 6) is 0.606. The molecule has 6 heteroatoms. The molecule has 1 fully saturated rings. The van der Waals surface area contributed by atoms with Crippen molar-refractivity contribution >= 4 is 17.4 Å². The average molecular weight is 298 g/mol. The summed E-state index contributed by atoms with van der Waals surface area (Å²) in [6.07, 6.45) is 0. The first kappa shape index (κ1) is 14.5. The van der Waals surface area contributed by atoms with Crippen molar-refractivity contribution in [3.63, 3.8) is 0 Å². The maximum Gasteiger partial charge on any atom is 0.274 e. The third-order valence-electron chi connectivity index (χ3n) is 3.66. The van der Waals surface area contributed by atoms with E-state index in [4.69, 9.17) is 4.74 Å². The minimum atomic E-state index is -0.0929. The summed E-state index contributed by atoms with van der Waals surface area (Å²) in [5, 5.41) is 8.24. The molecular weight excluding hydrogens is 280 g/mol. The SMILES string of the molecule is CN(c1ccccc1)c1ccc(C(=O)N2CCOCC2)nn1. The van der Waals surface area contributed by atoms with Crippen LogP contribution < -0.4 is 4.90 Å². The molecule has 0 spiro atoms. The topological polar surface area (TPSA) is 58.6 Å². The Bertz CT molecular complexity index is 624. The Hall–Kier alpha value is -2.47. The third-order valence-corrected chi connectivity index (χ3v) is 3.66. The highest BCUT2D eigenvalue weighted by atomic mass is 16.5. The number of para-hydroxylation sites is 1. The Morgan fingerprint density at radius 3 is 2.45 bits per heavy atom. The van der Waals surface area contributed by atoms with E-state index in [1.807, 2.05) is 48.3 Å². The zero-order chi connectivity index (χ0) is 15.4. The van der Waals surface area contributed by atoms with Gasteiger partial charge in [0.05, 0.1) is 13.2 Å². The molecule has 1 aromatic carbocycles. The molecule has 3 rings (SSSR count). The highest BCUT2D eigenvalue weighted by Crippen LogP contribution is 2.20. The van der Waals surface area contributed by atoms with Gasteiger partial charge in [-0.25, -0.2) is 0 Å². The molecule has 1 aliphatic heterocycles. The first-order valence-electron chi connectivity index (χ1n) is 7.25. The lowest BCUT2D eigenvalue weighted by Crippen LogP contribution is -2.41. The van der Waals surface area contributed by atoms with Gasteiger partial charge in [-0.05, 0) is 24.3 Å². The number of benzene rings is 1. The molecule has 2 heterocycles. The molecule has 0 bridgehead atoms.